The Balaban J connectivity index is 1.65. The van der Waals surface area contributed by atoms with Crippen LogP contribution in [0.4, 0.5) is 0 Å². The summed E-state index contributed by atoms with van der Waals surface area (Å²) in [4.78, 5) is 6.82. The minimum absolute atomic E-state index is 0.416. The molecule has 1 unspecified atom stereocenters. The van der Waals surface area contributed by atoms with Crippen LogP contribution in [0.3, 0.4) is 0 Å². The standard InChI is InChI=1S/C24H31N5S/c1-18(2)21-11-4-5-12-22(21)29-23(19-9-8-14-25-17-19)26-27-24(29)30-16-13-20-10-6-7-15-28(20)3/h4-5,8-9,11-12,14,17-18,20H,6-7,10,13,15-16H2,1-3H3. The van der Waals surface area contributed by atoms with Gasteiger partial charge in [0.05, 0.1) is 5.69 Å². The topological polar surface area (TPSA) is 46.8 Å². The molecule has 3 heterocycles. The highest BCUT2D eigenvalue weighted by Crippen LogP contribution is 2.32. The second-order valence-electron chi connectivity index (χ2n) is 8.36. The molecule has 3 aromatic rings. The van der Waals surface area contributed by atoms with Gasteiger partial charge < -0.3 is 4.90 Å². The van der Waals surface area contributed by atoms with E-state index in [2.05, 4.69) is 75.9 Å². The highest BCUT2D eigenvalue weighted by atomic mass is 32.2. The molecule has 6 heteroatoms. The van der Waals surface area contributed by atoms with Crippen molar-refractivity contribution in [2.75, 3.05) is 19.3 Å². The number of likely N-dealkylation sites (tertiary alicyclic amines) is 1. The maximum absolute atomic E-state index is 4.61. The van der Waals surface area contributed by atoms with Crippen LogP contribution in [-0.2, 0) is 0 Å². The van der Waals surface area contributed by atoms with Crippen molar-refractivity contribution in [1.82, 2.24) is 24.6 Å². The van der Waals surface area contributed by atoms with Gasteiger partial charge in [0.1, 0.15) is 0 Å². The number of aromatic nitrogens is 4. The summed E-state index contributed by atoms with van der Waals surface area (Å²) in [5, 5.41) is 10.1. The third-order valence-electron chi connectivity index (χ3n) is 5.96. The number of rotatable bonds is 7. The minimum atomic E-state index is 0.416. The number of para-hydroxylation sites is 1. The highest BCUT2D eigenvalue weighted by molar-refractivity contribution is 7.99. The number of piperidine rings is 1. The molecule has 0 bridgehead atoms. The van der Waals surface area contributed by atoms with Crippen LogP contribution < -0.4 is 0 Å². The van der Waals surface area contributed by atoms with Crippen LogP contribution in [-0.4, -0.2) is 50.0 Å². The average Bonchev–Trinajstić information content (AvgIpc) is 3.19. The fourth-order valence-electron chi connectivity index (χ4n) is 4.24. The van der Waals surface area contributed by atoms with Crippen molar-refractivity contribution in [3.8, 4) is 17.1 Å². The van der Waals surface area contributed by atoms with Crippen molar-refractivity contribution in [2.45, 2.75) is 56.6 Å². The third kappa shape index (κ3) is 4.60. The normalized spacial score (nSPS) is 17.5. The lowest BCUT2D eigenvalue weighted by atomic mass is 10.0. The minimum Gasteiger partial charge on any atom is -0.303 e. The van der Waals surface area contributed by atoms with E-state index in [4.69, 9.17) is 0 Å². The number of thioether (sulfide) groups is 1. The molecule has 0 aliphatic carbocycles. The first-order chi connectivity index (χ1) is 14.6. The molecule has 0 amide bonds. The van der Waals surface area contributed by atoms with Crippen molar-refractivity contribution in [3.63, 3.8) is 0 Å². The Morgan fingerprint density at radius 1 is 1.10 bits per heavy atom. The van der Waals surface area contributed by atoms with Crippen molar-refractivity contribution in [3.05, 3.63) is 54.4 Å². The van der Waals surface area contributed by atoms with E-state index in [-0.39, 0.29) is 0 Å². The number of hydrogen-bond acceptors (Lipinski definition) is 5. The van der Waals surface area contributed by atoms with Gasteiger partial charge in [-0.05, 0) is 62.5 Å². The molecule has 158 valence electrons. The van der Waals surface area contributed by atoms with Crippen molar-refractivity contribution >= 4 is 11.8 Å². The molecule has 4 rings (SSSR count). The Labute approximate surface area is 183 Å². The molecule has 5 nitrogen and oxygen atoms in total. The Morgan fingerprint density at radius 3 is 2.73 bits per heavy atom. The van der Waals surface area contributed by atoms with E-state index in [0.717, 1.165) is 28.0 Å². The molecule has 1 aliphatic rings. The van der Waals surface area contributed by atoms with Crippen molar-refractivity contribution in [1.29, 1.82) is 0 Å². The van der Waals surface area contributed by atoms with Crippen LogP contribution in [0, 0.1) is 0 Å². The van der Waals surface area contributed by atoms with Gasteiger partial charge in [-0.3, -0.25) is 9.55 Å². The predicted octanol–water partition coefficient (Wildman–Crippen LogP) is 5.42. The zero-order valence-electron chi connectivity index (χ0n) is 18.2. The van der Waals surface area contributed by atoms with Gasteiger partial charge in [-0.2, -0.15) is 0 Å². The summed E-state index contributed by atoms with van der Waals surface area (Å²) >= 11 is 1.82. The van der Waals surface area contributed by atoms with E-state index in [1.165, 1.54) is 37.8 Å². The lowest BCUT2D eigenvalue weighted by Crippen LogP contribution is -2.36. The van der Waals surface area contributed by atoms with E-state index < -0.39 is 0 Å². The molecule has 0 saturated carbocycles. The number of benzene rings is 1. The molecule has 1 atom stereocenters. The summed E-state index contributed by atoms with van der Waals surface area (Å²) in [7, 11) is 2.26. The molecule has 1 fully saturated rings. The van der Waals surface area contributed by atoms with Gasteiger partial charge in [0.15, 0.2) is 11.0 Å². The maximum Gasteiger partial charge on any atom is 0.196 e. The van der Waals surface area contributed by atoms with Gasteiger partial charge in [-0.25, -0.2) is 0 Å². The highest BCUT2D eigenvalue weighted by Gasteiger charge is 2.22. The van der Waals surface area contributed by atoms with E-state index in [0.29, 0.717) is 12.0 Å². The zero-order valence-corrected chi connectivity index (χ0v) is 19.0. The molecule has 30 heavy (non-hydrogen) atoms. The third-order valence-corrected chi connectivity index (χ3v) is 6.92. The summed E-state index contributed by atoms with van der Waals surface area (Å²) in [5.41, 5.74) is 3.45. The van der Waals surface area contributed by atoms with Crippen LogP contribution in [0.2, 0.25) is 0 Å². The molecule has 1 saturated heterocycles. The SMILES string of the molecule is CC(C)c1ccccc1-n1c(SCCC2CCCCN2C)nnc1-c1cccnc1. The Morgan fingerprint density at radius 2 is 1.97 bits per heavy atom. The summed E-state index contributed by atoms with van der Waals surface area (Å²) in [6.07, 6.45) is 8.83. The second kappa shape index (κ2) is 9.75. The monoisotopic (exact) mass is 421 g/mol. The van der Waals surface area contributed by atoms with Gasteiger partial charge in [0, 0.05) is 29.8 Å². The fourth-order valence-corrected chi connectivity index (χ4v) is 5.22. The fraction of sp³-hybridized carbons (Fsp3) is 0.458. The van der Waals surface area contributed by atoms with E-state index in [9.17, 15) is 0 Å². The summed E-state index contributed by atoms with van der Waals surface area (Å²) in [5.74, 6) is 2.32. The van der Waals surface area contributed by atoms with Crippen molar-refractivity contribution in [2.24, 2.45) is 0 Å². The molecule has 1 aliphatic heterocycles. The van der Waals surface area contributed by atoms with E-state index in [1.807, 2.05) is 24.0 Å². The first-order valence-corrected chi connectivity index (χ1v) is 11.9. The smallest absolute Gasteiger partial charge is 0.196 e. The van der Waals surface area contributed by atoms with E-state index in [1.54, 1.807) is 6.20 Å². The van der Waals surface area contributed by atoms with Crippen LogP contribution in [0.25, 0.3) is 17.1 Å². The molecular weight excluding hydrogens is 390 g/mol. The van der Waals surface area contributed by atoms with Gasteiger partial charge in [0.2, 0.25) is 0 Å². The second-order valence-corrected chi connectivity index (χ2v) is 9.43. The lowest BCUT2D eigenvalue weighted by molar-refractivity contribution is 0.182. The average molecular weight is 422 g/mol. The molecule has 0 spiro atoms. The van der Waals surface area contributed by atoms with Crippen LogP contribution in [0.15, 0.2) is 53.9 Å². The quantitative estimate of drug-likeness (QED) is 0.477. The molecular formula is C24H31N5S. The maximum atomic E-state index is 4.61. The van der Waals surface area contributed by atoms with Gasteiger partial charge in [0.25, 0.3) is 0 Å². The Hall–Kier alpha value is -2.18. The number of pyridine rings is 1. The molecule has 0 radical (unpaired) electrons. The van der Waals surface area contributed by atoms with Crippen LogP contribution >= 0.6 is 11.8 Å². The van der Waals surface area contributed by atoms with Crippen molar-refractivity contribution < 1.29 is 0 Å². The number of nitrogens with zero attached hydrogens (tertiary/aromatic N) is 5. The largest absolute Gasteiger partial charge is 0.303 e. The predicted molar refractivity (Wildman–Crippen MR) is 124 cm³/mol. The van der Waals surface area contributed by atoms with Crippen LogP contribution in [0.5, 0.6) is 0 Å². The van der Waals surface area contributed by atoms with Gasteiger partial charge in [-0.15, -0.1) is 10.2 Å². The lowest BCUT2D eigenvalue weighted by Gasteiger charge is -2.32. The van der Waals surface area contributed by atoms with Crippen LogP contribution in [0.1, 0.15) is 51.0 Å². The van der Waals surface area contributed by atoms with E-state index >= 15 is 0 Å². The first kappa shape index (κ1) is 21.1. The van der Waals surface area contributed by atoms with Gasteiger partial charge >= 0.3 is 0 Å². The summed E-state index contributed by atoms with van der Waals surface area (Å²) in [6, 6.07) is 13.3. The molecule has 2 aromatic heterocycles. The summed E-state index contributed by atoms with van der Waals surface area (Å²) in [6.45, 7) is 5.69. The zero-order chi connectivity index (χ0) is 20.9. The number of hydrogen-bond donors (Lipinski definition) is 0. The molecule has 1 aromatic carbocycles. The molecule has 0 N–H and O–H groups in total. The summed E-state index contributed by atoms with van der Waals surface area (Å²) < 4.78 is 2.22. The first-order valence-electron chi connectivity index (χ1n) is 10.9. The Bertz CT molecular complexity index is 953. The van der Waals surface area contributed by atoms with Gasteiger partial charge in [-0.1, -0.05) is 50.2 Å². The Kier molecular flexibility index (Phi) is 6.85.